The van der Waals surface area contributed by atoms with E-state index in [1.54, 1.807) is 0 Å². The van der Waals surface area contributed by atoms with Crippen LogP contribution >= 0.6 is 0 Å². The highest BCUT2D eigenvalue weighted by Crippen LogP contribution is 2.44. The van der Waals surface area contributed by atoms with Gasteiger partial charge in [-0.2, -0.15) is 0 Å². The van der Waals surface area contributed by atoms with E-state index < -0.39 is 0 Å². The van der Waals surface area contributed by atoms with Crippen LogP contribution in [-0.2, 0) is 0 Å². The lowest BCUT2D eigenvalue weighted by Gasteiger charge is -2.10. The van der Waals surface area contributed by atoms with Gasteiger partial charge in [-0.1, -0.05) is 135 Å². The molecule has 8 bridgehead atoms. The highest BCUT2D eigenvalue weighted by Gasteiger charge is 2.22. The Hall–Kier alpha value is -6.72. The van der Waals surface area contributed by atoms with Gasteiger partial charge in [-0.05, 0) is 71.2 Å². The molecule has 4 aromatic carbocycles. The first kappa shape index (κ1) is 32.2. The summed E-state index contributed by atoms with van der Waals surface area (Å²) in [5, 5.41) is 0. The van der Waals surface area contributed by atoms with Gasteiger partial charge >= 0.3 is 0 Å². The van der Waals surface area contributed by atoms with E-state index in [0.29, 0.717) is 6.61 Å². The Labute approximate surface area is 309 Å². The topological polar surface area (TPSA) is 66.6 Å². The predicted octanol–water partition coefficient (Wildman–Crippen LogP) is 12.5. The molecule has 0 unspecified atom stereocenters. The zero-order chi connectivity index (χ0) is 35.6. The van der Waals surface area contributed by atoms with E-state index in [9.17, 15) is 0 Å². The molecule has 5 heterocycles. The first-order valence-corrected chi connectivity index (χ1v) is 18.3. The molecule has 2 N–H and O–H groups in total. The molecule has 0 fully saturated rings. The smallest absolute Gasteiger partial charge is 0.152 e. The first-order chi connectivity index (χ1) is 26.2. The fraction of sp³-hybridized carbons (Fsp3) is 0.0833. The van der Waals surface area contributed by atoms with E-state index >= 15 is 0 Å². The Kier molecular flexibility index (Phi) is 8.58. The van der Waals surface area contributed by atoms with Crippen LogP contribution in [0.5, 0.6) is 5.75 Å². The number of fused-ring (bicyclic) bond motifs is 8. The van der Waals surface area contributed by atoms with E-state index in [4.69, 9.17) is 14.7 Å². The number of unbranched alkanes of at least 4 members (excludes halogenated alkanes) is 1. The van der Waals surface area contributed by atoms with E-state index in [0.717, 1.165) is 108 Å². The molecule has 5 heteroatoms. The molecule has 9 rings (SSSR count). The van der Waals surface area contributed by atoms with Gasteiger partial charge in [0.2, 0.25) is 0 Å². The minimum atomic E-state index is 0.601. The Bertz CT molecular complexity index is 2650. The highest BCUT2D eigenvalue weighted by atomic mass is 16.5. The van der Waals surface area contributed by atoms with Crippen molar-refractivity contribution in [3.8, 4) is 50.3 Å². The van der Waals surface area contributed by atoms with Crippen LogP contribution < -0.4 is 4.74 Å². The van der Waals surface area contributed by atoms with Crippen molar-refractivity contribution in [1.82, 2.24) is 19.9 Å². The number of hydrogen-bond donors (Lipinski definition) is 2. The van der Waals surface area contributed by atoms with Crippen molar-refractivity contribution >= 4 is 46.4 Å². The molecule has 5 nitrogen and oxygen atoms in total. The quantitative estimate of drug-likeness (QED) is 0.156. The molecular formula is C48H38N4O. The number of aromatic nitrogens is 4. The molecule has 0 spiro atoms. The van der Waals surface area contributed by atoms with E-state index in [-0.39, 0.29) is 0 Å². The average molecular weight is 687 g/mol. The molecule has 2 aliphatic rings. The van der Waals surface area contributed by atoms with Gasteiger partial charge in [0.1, 0.15) is 0 Å². The summed E-state index contributed by atoms with van der Waals surface area (Å²) in [4.78, 5) is 18.4. The molecule has 2 aliphatic heterocycles. The lowest BCUT2D eigenvalue weighted by Crippen LogP contribution is -1.97. The number of aromatic amines is 2. The van der Waals surface area contributed by atoms with Crippen molar-refractivity contribution in [3.05, 3.63) is 162 Å². The summed E-state index contributed by atoms with van der Waals surface area (Å²) in [6.07, 6.45) is 10.5. The third-order valence-corrected chi connectivity index (χ3v) is 9.81. The van der Waals surface area contributed by atoms with Crippen LogP contribution in [0.1, 0.15) is 42.5 Å². The van der Waals surface area contributed by atoms with E-state index in [2.05, 4.69) is 175 Å². The van der Waals surface area contributed by atoms with Gasteiger partial charge < -0.3 is 14.7 Å². The van der Waals surface area contributed by atoms with Crippen LogP contribution in [0.3, 0.4) is 0 Å². The van der Waals surface area contributed by atoms with Gasteiger partial charge in [0.25, 0.3) is 0 Å². The Morgan fingerprint density at radius 3 is 1.49 bits per heavy atom. The maximum absolute atomic E-state index is 6.77. The standard InChI is InChI=1S/C48H38N4O/c1-2-3-30-53-48-42-31-36-24-25-37(49-36)43(32-16-8-4-9-17-32)38-26-27-39(50-38)44(33-18-10-5-11-19-33)40-28-29-41(51-40)45(34-20-12-6-13-21-34)47(52-42)46(48)35-22-14-7-15-23-35/h4-29,31,50,52H,2-3,30H2,1H3. The summed E-state index contributed by atoms with van der Waals surface area (Å²) in [6, 6.07) is 48.5. The normalized spacial score (nSPS) is 11.9. The maximum atomic E-state index is 6.77. The van der Waals surface area contributed by atoms with Crippen molar-refractivity contribution in [2.75, 3.05) is 6.61 Å². The minimum Gasteiger partial charge on any atom is -0.491 e. The number of benzene rings is 4. The highest BCUT2D eigenvalue weighted by molar-refractivity contribution is 6.04. The van der Waals surface area contributed by atoms with Crippen LogP contribution in [0.15, 0.2) is 140 Å². The number of nitrogens with zero attached hydrogens (tertiary/aromatic N) is 2. The molecule has 0 aliphatic carbocycles. The Morgan fingerprint density at radius 1 is 0.472 bits per heavy atom. The molecule has 0 amide bonds. The van der Waals surface area contributed by atoms with Crippen LogP contribution in [-0.4, -0.2) is 26.5 Å². The zero-order valence-corrected chi connectivity index (χ0v) is 29.5. The fourth-order valence-electron chi connectivity index (χ4n) is 7.33. The first-order valence-electron chi connectivity index (χ1n) is 18.3. The monoisotopic (exact) mass is 686 g/mol. The second kappa shape index (κ2) is 14.1. The number of ether oxygens (including phenoxy) is 1. The lowest BCUT2D eigenvalue weighted by atomic mass is 9.98. The van der Waals surface area contributed by atoms with Crippen molar-refractivity contribution in [2.45, 2.75) is 19.8 Å². The third-order valence-electron chi connectivity index (χ3n) is 9.81. The van der Waals surface area contributed by atoms with E-state index in [1.807, 2.05) is 6.07 Å². The maximum Gasteiger partial charge on any atom is 0.152 e. The van der Waals surface area contributed by atoms with Crippen LogP contribution in [0.4, 0.5) is 0 Å². The average Bonchev–Trinajstić information content (AvgIpc) is 4.03. The summed E-state index contributed by atoms with van der Waals surface area (Å²) in [5.41, 5.74) is 15.6. The fourth-order valence-corrected chi connectivity index (χ4v) is 7.33. The van der Waals surface area contributed by atoms with Gasteiger partial charge in [-0.15, -0.1) is 0 Å². The molecule has 0 atom stereocenters. The van der Waals surface area contributed by atoms with E-state index in [1.165, 1.54) is 0 Å². The second-order valence-electron chi connectivity index (χ2n) is 13.3. The molecule has 53 heavy (non-hydrogen) atoms. The van der Waals surface area contributed by atoms with Crippen LogP contribution in [0, 0.1) is 0 Å². The molecule has 3 aromatic heterocycles. The molecule has 0 saturated carbocycles. The summed E-state index contributed by atoms with van der Waals surface area (Å²) in [7, 11) is 0. The van der Waals surface area contributed by atoms with Crippen molar-refractivity contribution in [1.29, 1.82) is 0 Å². The van der Waals surface area contributed by atoms with Crippen LogP contribution in [0.2, 0.25) is 0 Å². The molecule has 0 saturated heterocycles. The third kappa shape index (κ3) is 6.17. The SMILES string of the molecule is CCCCOc1c(-c2ccccc2)c2[nH]c1cc1nc(c(-c3ccccc3)c3ccc([nH]3)c(-c3ccccc3)c3nc(c2-c2ccccc2)C=C3)C=C1. The second-order valence-corrected chi connectivity index (χ2v) is 13.3. The molecule has 7 aromatic rings. The van der Waals surface area contributed by atoms with Gasteiger partial charge in [0.05, 0.1) is 46.0 Å². The summed E-state index contributed by atoms with van der Waals surface area (Å²) >= 11 is 0. The number of H-pyrrole nitrogens is 2. The molecule has 0 radical (unpaired) electrons. The lowest BCUT2D eigenvalue weighted by molar-refractivity contribution is 0.314. The Balaban J connectivity index is 1.49. The predicted molar refractivity (Wildman–Crippen MR) is 221 cm³/mol. The molecular weight excluding hydrogens is 649 g/mol. The Morgan fingerprint density at radius 2 is 0.943 bits per heavy atom. The van der Waals surface area contributed by atoms with Crippen LogP contribution in [0.25, 0.3) is 90.9 Å². The largest absolute Gasteiger partial charge is 0.491 e. The molecule has 256 valence electrons. The van der Waals surface area contributed by atoms with Gasteiger partial charge in [0.15, 0.2) is 5.75 Å². The number of hydrogen-bond acceptors (Lipinski definition) is 3. The van der Waals surface area contributed by atoms with Crippen molar-refractivity contribution < 1.29 is 4.74 Å². The number of nitrogens with one attached hydrogen (secondary N) is 2. The summed E-state index contributed by atoms with van der Waals surface area (Å²) in [5.74, 6) is 0.811. The summed E-state index contributed by atoms with van der Waals surface area (Å²) in [6.45, 7) is 2.79. The van der Waals surface area contributed by atoms with Gasteiger partial charge in [-0.25, -0.2) is 9.97 Å². The van der Waals surface area contributed by atoms with Gasteiger partial charge in [0, 0.05) is 27.7 Å². The summed E-state index contributed by atoms with van der Waals surface area (Å²) < 4.78 is 6.77. The van der Waals surface area contributed by atoms with Crippen molar-refractivity contribution in [3.63, 3.8) is 0 Å². The van der Waals surface area contributed by atoms with Crippen molar-refractivity contribution in [2.24, 2.45) is 0 Å². The minimum absolute atomic E-state index is 0.601. The number of rotatable bonds is 8. The van der Waals surface area contributed by atoms with Gasteiger partial charge in [-0.3, -0.25) is 0 Å². The zero-order valence-electron chi connectivity index (χ0n) is 29.5.